The number of nitrogens with zero attached hydrogens (tertiary/aromatic N) is 3. The number of rotatable bonds is 8. The molecule has 57 heavy (non-hydrogen) atoms. The van der Waals surface area contributed by atoms with E-state index in [0.29, 0.717) is 37.9 Å². The summed E-state index contributed by atoms with van der Waals surface area (Å²) in [6, 6.07) is 3.25. The standard InChI is InChI=1S/C40H50FN5O9S2/c1-39(2,3)55-32(47)16-23-10-8-6-5-7-9-11-25-18-40(25,38(51)44-57(52,53)27-13-14-27)43-34(48)33-29-21-45(19-24(29)20-46(33)36(23)49)37(50)35-42-31(22-56-35)28-15-12-26(54-4)17-30(28)41/h9,11-12,15,17,22-25,27,29,33H,5-8,10,13-14,16,18-21H2,1-4H3,(H,43,48)(H,44,51)/b11-9-/t23-,24+,25-,29+,33+,40-/m1/s1. The summed E-state index contributed by atoms with van der Waals surface area (Å²) in [5.41, 5.74) is -1.81. The van der Waals surface area contributed by atoms with Crippen molar-refractivity contribution in [3.63, 3.8) is 0 Å². The van der Waals surface area contributed by atoms with Crippen LogP contribution in [0.4, 0.5) is 4.39 Å². The Balaban J connectivity index is 1.17. The Morgan fingerprint density at radius 2 is 1.86 bits per heavy atom. The summed E-state index contributed by atoms with van der Waals surface area (Å²) in [4.78, 5) is 77.6. The summed E-state index contributed by atoms with van der Waals surface area (Å²) in [7, 11) is -2.49. The monoisotopic (exact) mass is 827 g/mol. The molecule has 6 atom stereocenters. The molecule has 2 saturated carbocycles. The lowest BCUT2D eigenvalue weighted by atomic mass is 9.92. The number of amides is 4. The summed E-state index contributed by atoms with van der Waals surface area (Å²) in [5.74, 6) is -5.06. The van der Waals surface area contributed by atoms with E-state index in [2.05, 4.69) is 15.0 Å². The van der Waals surface area contributed by atoms with E-state index in [1.807, 2.05) is 12.2 Å². The number of methoxy groups -OCH3 is 1. The molecule has 2 aromatic rings. The van der Waals surface area contributed by atoms with Crippen LogP contribution >= 0.6 is 11.3 Å². The number of esters is 1. The van der Waals surface area contributed by atoms with Gasteiger partial charge in [-0.3, -0.25) is 28.7 Å². The van der Waals surface area contributed by atoms with E-state index in [4.69, 9.17) is 9.47 Å². The van der Waals surface area contributed by atoms with Crippen molar-refractivity contribution in [2.24, 2.45) is 23.7 Å². The molecule has 5 aliphatic rings. The molecule has 0 spiro atoms. The average Bonchev–Trinajstić information content (AvgIpc) is 3.97. The molecular weight excluding hydrogens is 778 g/mol. The van der Waals surface area contributed by atoms with Crippen LogP contribution in [0.25, 0.3) is 11.3 Å². The number of halogens is 1. The predicted octanol–water partition coefficient (Wildman–Crippen LogP) is 4.21. The largest absolute Gasteiger partial charge is 0.497 e. The van der Waals surface area contributed by atoms with Crippen molar-refractivity contribution < 1.29 is 46.3 Å². The highest BCUT2D eigenvalue weighted by Crippen LogP contribution is 2.47. The highest BCUT2D eigenvalue weighted by molar-refractivity contribution is 7.91. The fourth-order valence-electron chi connectivity index (χ4n) is 8.41. The molecule has 0 radical (unpaired) electrons. The number of sulfonamides is 1. The van der Waals surface area contributed by atoms with Crippen molar-refractivity contribution in [1.29, 1.82) is 0 Å². The van der Waals surface area contributed by atoms with Gasteiger partial charge < -0.3 is 24.6 Å². The van der Waals surface area contributed by atoms with Gasteiger partial charge in [0, 0.05) is 60.3 Å². The minimum atomic E-state index is -3.93. The Morgan fingerprint density at radius 1 is 1.09 bits per heavy atom. The van der Waals surface area contributed by atoms with E-state index < -0.39 is 79.7 Å². The third-order valence-electron chi connectivity index (χ3n) is 11.6. The number of nitrogens with one attached hydrogen (secondary N) is 2. The van der Waals surface area contributed by atoms with Crippen LogP contribution in [-0.2, 0) is 33.9 Å². The molecule has 17 heteroatoms. The second-order valence-corrected chi connectivity index (χ2v) is 19.8. The molecule has 308 valence electrons. The molecule has 1 aromatic carbocycles. The van der Waals surface area contributed by atoms with Gasteiger partial charge in [-0.25, -0.2) is 17.8 Å². The van der Waals surface area contributed by atoms with Gasteiger partial charge >= 0.3 is 5.97 Å². The number of thiazole rings is 1. The predicted molar refractivity (Wildman–Crippen MR) is 208 cm³/mol. The lowest BCUT2D eigenvalue weighted by molar-refractivity contribution is -0.159. The Hall–Kier alpha value is -4.38. The summed E-state index contributed by atoms with van der Waals surface area (Å²) < 4.78 is 53.6. The van der Waals surface area contributed by atoms with Gasteiger partial charge in [-0.05, 0) is 71.4 Å². The lowest BCUT2D eigenvalue weighted by Crippen LogP contribution is -2.58. The molecule has 0 unspecified atom stereocenters. The zero-order valence-corrected chi connectivity index (χ0v) is 34.3. The van der Waals surface area contributed by atoms with Crippen molar-refractivity contribution in [2.45, 2.75) is 101 Å². The second-order valence-electron chi connectivity index (χ2n) is 17.0. The first-order valence-corrected chi connectivity index (χ1v) is 22.1. The van der Waals surface area contributed by atoms with E-state index in [9.17, 15) is 36.8 Å². The first kappa shape index (κ1) is 40.8. The Bertz CT molecular complexity index is 2080. The van der Waals surface area contributed by atoms with Crippen LogP contribution in [0.1, 0.15) is 88.4 Å². The number of carbonyl (C=O) groups is 5. The number of allylic oxidation sites excluding steroid dienone is 1. The fourth-order valence-corrected chi connectivity index (χ4v) is 10.6. The minimum Gasteiger partial charge on any atom is -0.497 e. The number of ether oxygens (including phenoxy) is 2. The molecule has 14 nitrogen and oxygen atoms in total. The van der Waals surface area contributed by atoms with E-state index >= 15 is 0 Å². The van der Waals surface area contributed by atoms with E-state index in [1.54, 1.807) is 37.1 Å². The second kappa shape index (κ2) is 15.8. The summed E-state index contributed by atoms with van der Waals surface area (Å²) in [6.45, 7) is 5.67. The fraction of sp³-hybridized carbons (Fsp3) is 0.600. The molecule has 4 fully saturated rings. The molecule has 4 heterocycles. The maximum atomic E-state index is 14.9. The van der Waals surface area contributed by atoms with Gasteiger partial charge in [0.05, 0.1) is 24.5 Å². The molecule has 2 aliphatic carbocycles. The topological polar surface area (TPSA) is 181 Å². The molecule has 2 N–H and O–H groups in total. The van der Waals surface area contributed by atoms with Crippen molar-refractivity contribution in [2.75, 3.05) is 26.7 Å². The zero-order chi connectivity index (χ0) is 40.9. The molecule has 0 bridgehead atoms. The van der Waals surface area contributed by atoms with Gasteiger partial charge in [0.1, 0.15) is 28.7 Å². The maximum Gasteiger partial charge on any atom is 0.307 e. The van der Waals surface area contributed by atoms with Crippen LogP contribution in [0, 0.1) is 29.5 Å². The minimum absolute atomic E-state index is 0.0898. The number of fused-ring (bicyclic) bond motifs is 4. The maximum absolute atomic E-state index is 14.9. The number of hydrogen-bond donors (Lipinski definition) is 2. The number of carbonyl (C=O) groups excluding carboxylic acids is 5. The van der Waals surface area contributed by atoms with E-state index in [1.165, 1.54) is 24.1 Å². The van der Waals surface area contributed by atoms with Gasteiger partial charge in [-0.2, -0.15) is 0 Å². The van der Waals surface area contributed by atoms with Crippen LogP contribution in [0.3, 0.4) is 0 Å². The first-order valence-electron chi connectivity index (χ1n) is 19.7. The number of likely N-dealkylation sites (tertiary alicyclic amines) is 1. The van der Waals surface area contributed by atoms with Crippen LogP contribution < -0.4 is 14.8 Å². The van der Waals surface area contributed by atoms with E-state index in [0.717, 1.165) is 24.2 Å². The third-order valence-corrected chi connectivity index (χ3v) is 14.2. The van der Waals surface area contributed by atoms with Gasteiger partial charge in [0.2, 0.25) is 21.8 Å². The van der Waals surface area contributed by atoms with Gasteiger partial charge in [-0.15, -0.1) is 11.3 Å². The summed E-state index contributed by atoms with van der Waals surface area (Å²) in [5, 5.41) is 3.99. The molecule has 1 aromatic heterocycles. The summed E-state index contributed by atoms with van der Waals surface area (Å²) >= 11 is 1.07. The zero-order valence-electron chi connectivity index (χ0n) is 32.6. The van der Waals surface area contributed by atoms with Gasteiger partial charge in [0.25, 0.3) is 11.8 Å². The third kappa shape index (κ3) is 8.74. The number of aromatic nitrogens is 1. The van der Waals surface area contributed by atoms with E-state index in [-0.39, 0.29) is 60.6 Å². The first-order chi connectivity index (χ1) is 27.0. The molecule has 2 saturated heterocycles. The number of hydrogen-bond acceptors (Lipinski definition) is 11. The van der Waals surface area contributed by atoms with Crippen LogP contribution in [-0.4, -0.2) is 102 Å². The van der Waals surface area contributed by atoms with Crippen molar-refractivity contribution in [3.05, 3.63) is 46.6 Å². The molecule has 4 amide bonds. The lowest BCUT2D eigenvalue weighted by Gasteiger charge is -2.32. The SMILES string of the molecule is COc1ccc(-c2csc(C(=O)N3C[C@H]4CN5C(=O)[C@@H](CC(=O)OC(C)(C)C)CCCCC/C=C\[C@@H]6C[C@@]6(C(=O)NS(=O)(=O)C6CC6)NC(=O)[C@@H]5[C@H]4C3)n2)c(F)c1. The Labute approximate surface area is 336 Å². The average molecular weight is 828 g/mol. The Morgan fingerprint density at radius 3 is 2.56 bits per heavy atom. The van der Waals surface area contributed by atoms with Crippen molar-refractivity contribution >= 4 is 51.0 Å². The molecular formula is C40H50FN5O9S2. The highest BCUT2D eigenvalue weighted by Gasteiger charge is 2.63. The van der Waals surface area contributed by atoms with Crippen LogP contribution in [0.15, 0.2) is 35.7 Å². The molecule has 7 rings (SSSR count). The normalized spacial score (nSPS) is 28.5. The Kier molecular flexibility index (Phi) is 11.3. The van der Waals surface area contributed by atoms with Crippen molar-refractivity contribution in [3.8, 4) is 17.0 Å². The molecule has 3 aliphatic heterocycles. The highest BCUT2D eigenvalue weighted by atomic mass is 32.2. The van der Waals surface area contributed by atoms with Gasteiger partial charge in [0.15, 0.2) is 5.01 Å². The smallest absolute Gasteiger partial charge is 0.307 e. The quantitative estimate of drug-likeness (QED) is 0.289. The summed E-state index contributed by atoms with van der Waals surface area (Å²) in [6.07, 6.45) is 8.05. The number of benzene rings is 1. The van der Waals surface area contributed by atoms with Crippen LogP contribution in [0.2, 0.25) is 0 Å². The van der Waals surface area contributed by atoms with Crippen LogP contribution in [0.5, 0.6) is 5.75 Å². The van der Waals surface area contributed by atoms with Gasteiger partial charge in [-0.1, -0.05) is 25.0 Å². The van der Waals surface area contributed by atoms with Crippen molar-refractivity contribution in [1.82, 2.24) is 24.8 Å².